The van der Waals surface area contributed by atoms with Gasteiger partial charge in [-0.3, -0.25) is 9.59 Å². The third-order valence-electron chi connectivity index (χ3n) is 5.39. The van der Waals surface area contributed by atoms with Crippen LogP contribution < -0.4 is 0 Å². The number of carbonyl (C=O) groups excluding carboxylic acids is 2. The van der Waals surface area contributed by atoms with Gasteiger partial charge in [-0.1, -0.05) is 35.3 Å². The van der Waals surface area contributed by atoms with Gasteiger partial charge < -0.3 is 10.0 Å². The van der Waals surface area contributed by atoms with Crippen LogP contribution in [0.15, 0.2) is 54.1 Å². The Morgan fingerprint density at radius 3 is 2.07 bits per heavy atom. The minimum absolute atomic E-state index is 0.0504. The van der Waals surface area contributed by atoms with Crippen molar-refractivity contribution in [2.75, 3.05) is 11.5 Å². The number of rotatable bonds is 3. The molecular weight excluding hydrogens is 449 g/mol. The van der Waals surface area contributed by atoms with E-state index in [1.165, 1.54) is 4.90 Å². The lowest BCUT2D eigenvalue weighted by atomic mass is 9.95. The van der Waals surface area contributed by atoms with Gasteiger partial charge in [0.25, 0.3) is 11.7 Å². The summed E-state index contributed by atoms with van der Waals surface area (Å²) in [6, 6.07) is 11.2. The zero-order chi connectivity index (χ0) is 21.6. The fourth-order valence-electron chi connectivity index (χ4n) is 3.96. The smallest absolute Gasteiger partial charge is 0.295 e. The molecule has 2 saturated heterocycles. The SMILES string of the molecule is O=C1C(=O)N(C2CCS(=O)(=O)C2)C(c2ccc(Cl)cc2)C1=C(O)c1ccc(Cl)cc1. The predicted octanol–water partition coefficient (Wildman–Crippen LogP) is 3.60. The summed E-state index contributed by atoms with van der Waals surface area (Å²) in [4.78, 5) is 27.2. The van der Waals surface area contributed by atoms with Crippen LogP contribution in [-0.4, -0.2) is 47.7 Å². The highest BCUT2D eigenvalue weighted by atomic mass is 35.5. The number of hydrogen-bond acceptors (Lipinski definition) is 5. The number of nitrogens with zero attached hydrogens (tertiary/aromatic N) is 1. The van der Waals surface area contributed by atoms with E-state index in [1.807, 2.05) is 0 Å². The van der Waals surface area contributed by atoms with Crippen LogP contribution >= 0.6 is 23.2 Å². The molecule has 6 nitrogen and oxygen atoms in total. The van der Waals surface area contributed by atoms with Crippen molar-refractivity contribution in [2.45, 2.75) is 18.5 Å². The van der Waals surface area contributed by atoms with Gasteiger partial charge in [-0.05, 0) is 48.4 Å². The van der Waals surface area contributed by atoms with E-state index in [9.17, 15) is 23.1 Å². The summed E-state index contributed by atoms with van der Waals surface area (Å²) in [5, 5.41) is 11.9. The molecule has 2 heterocycles. The molecule has 0 aromatic heterocycles. The summed E-state index contributed by atoms with van der Waals surface area (Å²) < 4.78 is 24.1. The van der Waals surface area contributed by atoms with E-state index in [0.29, 0.717) is 21.2 Å². The van der Waals surface area contributed by atoms with E-state index < -0.39 is 33.6 Å². The molecule has 2 aromatic rings. The molecule has 0 bridgehead atoms. The Labute approximate surface area is 183 Å². The first kappa shape index (κ1) is 20.9. The number of sulfone groups is 1. The van der Waals surface area contributed by atoms with E-state index in [1.54, 1.807) is 48.5 Å². The lowest BCUT2D eigenvalue weighted by molar-refractivity contribution is -0.141. The maximum atomic E-state index is 13.0. The van der Waals surface area contributed by atoms with E-state index in [2.05, 4.69) is 0 Å². The largest absolute Gasteiger partial charge is 0.507 e. The van der Waals surface area contributed by atoms with Crippen molar-refractivity contribution < 1.29 is 23.1 Å². The quantitative estimate of drug-likeness (QED) is 0.424. The molecule has 1 amide bonds. The molecular formula is C21H17Cl2NO5S. The molecule has 30 heavy (non-hydrogen) atoms. The number of hydrogen-bond donors (Lipinski definition) is 1. The molecule has 156 valence electrons. The average Bonchev–Trinajstić information content (AvgIpc) is 3.19. The Bertz CT molecular complexity index is 1160. The van der Waals surface area contributed by atoms with Gasteiger partial charge in [0.15, 0.2) is 9.84 Å². The van der Waals surface area contributed by atoms with E-state index in [4.69, 9.17) is 23.2 Å². The third kappa shape index (κ3) is 3.73. The second kappa shape index (κ2) is 7.72. The molecule has 4 rings (SSSR count). The number of likely N-dealkylation sites (tertiary alicyclic amines) is 1. The first-order valence-corrected chi connectivity index (χ1v) is 11.8. The van der Waals surface area contributed by atoms with Gasteiger partial charge in [0.2, 0.25) is 0 Å². The van der Waals surface area contributed by atoms with Gasteiger partial charge in [0.1, 0.15) is 5.76 Å². The number of aliphatic hydroxyl groups excluding tert-OH is 1. The normalized spacial score (nSPS) is 25.1. The van der Waals surface area contributed by atoms with Gasteiger partial charge in [0, 0.05) is 21.7 Å². The number of halogens is 2. The topological polar surface area (TPSA) is 91.8 Å². The number of Topliss-reactive ketones (excluding diaryl/α,β-unsaturated/α-hetero) is 1. The number of benzene rings is 2. The minimum atomic E-state index is -3.30. The predicted molar refractivity (Wildman–Crippen MR) is 114 cm³/mol. The summed E-state index contributed by atoms with van der Waals surface area (Å²) in [5.74, 6) is -2.29. The molecule has 0 radical (unpaired) electrons. The molecule has 2 aliphatic rings. The fourth-order valence-corrected chi connectivity index (χ4v) is 5.92. The van der Waals surface area contributed by atoms with Gasteiger partial charge >= 0.3 is 0 Å². The van der Waals surface area contributed by atoms with E-state index in [0.717, 1.165) is 0 Å². The van der Waals surface area contributed by atoms with Gasteiger partial charge in [-0.2, -0.15) is 0 Å². The van der Waals surface area contributed by atoms with Gasteiger partial charge in [0.05, 0.1) is 23.1 Å². The van der Waals surface area contributed by atoms with Crippen LogP contribution in [0.25, 0.3) is 5.76 Å². The zero-order valence-corrected chi connectivity index (χ0v) is 17.9. The van der Waals surface area contributed by atoms with Crippen molar-refractivity contribution in [3.8, 4) is 0 Å². The highest BCUT2D eigenvalue weighted by Gasteiger charge is 2.50. The minimum Gasteiger partial charge on any atom is -0.507 e. The average molecular weight is 466 g/mol. The van der Waals surface area contributed by atoms with E-state index >= 15 is 0 Å². The number of aliphatic hydroxyl groups is 1. The highest BCUT2D eigenvalue weighted by molar-refractivity contribution is 7.91. The Kier molecular flexibility index (Phi) is 5.38. The lowest BCUT2D eigenvalue weighted by Crippen LogP contribution is -2.40. The standard InChI is InChI=1S/C21H17Cl2NO5S/c22-14-5-1-12(2-6-14)18-17(19(25)13-3-7-15(23)8-4-13)20(26)21(27)24(18)16-9-10-30(28,29)11-16/h1-8,16,18,25H,9-11H2. The summed E-state index contributed by atoms with van der Waals surface area (Å²) in [5.41, 5.74) is 0.794. The van der Waals surface area contributed by atoms with Crippen molar-refractivity contribution in [3.05, 3.63) is 75.3 Å². The van der Waals surface area contributed by atoms with Gasteiger partial charge in [-0.15, -0.1) is 0 Å². The molecule has 2 atom stereocenters. The molecule has 2 aliphatic heterocycles. The summed E-state index contributed by atoms with van der Waals surface area (Å²) in [6.45, 7) is 0. The molecule has 0 aliphatic carbocycles. The summed E-state index contributed by atoms with van der Waals surface area (Å²) >= 11 is 11.9. The lowest BCUT2D eigenvalue weighted by Gasteiger charge is -2.30. The van der Waals surface area contributed by atoms with Crippen molar-refractivity contribution in [1.29, 1.82) is 0 Å². The maximum Gasteiger partial charge on any atom is 0.295 e. The van der Waals surface area contributed by atoms with Crippen molar-refractivity contribution in [2.24, 2.45) is 0 Å². The monoisotopic (exact) mass is 465 g/mol. The van der Waals surface area contributed by atoms with Crippen LogP contribution in [0.5, 0.6) is 0 Å². The Morgan fingerprint density at radius 1 is 0.967 bits per heavy atom. The Hall–Kier alpha value is -2.35. The first-order chi connectivity index (χ1) is 14.2. The van der Waals surface area contributed by atoms with Crippen LogP contribution in [0.2, 0.25) is 10.0 Å². The van der Waals surface area contributed by atoms with Crippen LogP contribution in [0.3, 0.4) is 0 Å². The third-order valence-corrected chi connectivity index (χ3v) is 7.64. The Morgan fingerprint density at radius 2 is 1.53 bits per heavy atom. The zero-order valence-electron chi connectivity index (χ0n) is 15.6. The summed E-state index contributed by atoms with van der Waals surface area (Å²) in [6.07, 6.45) is 0.237. The molecule has 2 fully saturated rings. The molecule has 0 spiro atoms. The van der Waals surface area contributed by atoms with Crippen LogP contribution in [0.4, 0.5) is 0 Å². The molecule has 9 heteroatoms. The highest BCUT2D eigenvalue weighted by Crippen LogP contribution is 2.42. The van der Waals surface area contributed by atoms with Crippen molar-refractivity contribution in [1.82, 2.24) is 4.90 Å². The van der Waals surface area contributed by atoms with Crippen LogP contribution in [0.1, 0.15) is 23.6 Å². The van der Waals surface area contributed by atoms with Crippen LogP contribution in [-0.2, 0) is 19.4 Å². The maximum absolute atomic E-state index is 13.0. The first-order valence-electron chi connectivity index (χ1n) is 9.20. The number of amides is 1. The summed E-state index contributed by atoms with van der Waals surface area (Å²) in [7, 11) is -3.30. The van der Waals surface area contributed by atoms with Crippen LogP contribution in [0, 0.1) is 0 Å². The second-order valence-corrected chi connectivity index (χ2v) is 10.4. The van der Waals surface area contributed by atoms with Gasteiger partial charge in [-0.25, -0.2) is 8.42 Å². The number of ketones is 1. The van der Waals surface area contributed by atoms with Crippen molar-refractivity contribution >= 4 is 50.5 Å². The molecule has 2 unspecified atom stereocenters. The number of carbonyl (C=O) groups is 2. The van der Waals surface area contributed by atoms with E-state index in [-0.39, 0.29) is 29.3 Å². The molecule has 1 N–H and O–H groups in total. The second-order valence-electron chi connectivity index (χ2n) is 7.32. The fraction of sp³-hybridized carbons (Fsp3) is 0.238. The molecule has 2 aromatic carbocycles. The van der Waals surface area contributed by atoms with Crippen molar-refractivity contribution in [3.63, 3.8) is 0 Å². The Balaban J connectivity index is 1.88. The molecule has 0 saturated carbocycles.